The topological polar surface area (TPSA) is 66.8 Å². The highest BCUT2D eigenvalue weighted by molar-refractivity contribution is 5.92. The standard InChI is InChI=1S/C29H32O4/c1-19(17-30)18-33-26-10-9-25(28(31)32)24(8-7-20-5-3-2-4-6-20)27(26)29-14-21-11-22(15-29)13-23(12-21)16-29/h2-6,9-10,19,21-23,30H,11-18H2,1H3,(H,31,32). The molecular weight excluding hydrogens is 412 g/mol. The van der Waals surface area contributed by atoms with Crippen LogP contribution in [0, 0.1) is 35.5 Å². The number of benzene rings is 2. The average molecular weight is 445 g/mol. The highest BCUT2D eigenvalue weighted by Crippen LogP contribution is 2.62. The van der Waals surface area contributed by atoms with Gasteiger partial charge in [-0.1, -0.05) is 37.0 Å². The molecule has 0 amide bonds. The van der Waals surface area contributed by atoms with Gasteiger partial charge in [-0.05, 0) is 80.5 Å². The van der Waals surface area contributed by atoms with E-state index in [-0.39, 0.29) is 23.5 Å². The van der Waals surface area contributed by atoms with Gasteiger partial charge in [-0.3, -0.25) is 0 Å². The van der Waals surface area contributed by atoms with Gasteiger partial charge in [-0.2, -0.15) is 0 Å². The van der Waals surface area contributed by atoms with E-state index in [1.54, 1.807) is 6.07 Å². The van der Waals surface area contributed by atoms with Gasteiger partial charge in [0.2, 0.25) is 0 Å². The first-order valence-corrected chi connectivity index (χ1v) is 12.2. The third-order valence-electron chi connectivity index (χ3n) is 7.91. The zero-order valence-electron chi connectivity index (χ0n) is 19.2. The van der Waals surface area contributed by atoms with Gasteiger partial charge in [-0.25, -0.2) is 4.79 Å². The lowest BCUT2D eigenvalue weighted by molar-refractivity contribution is -0.00673. The Bertz CT molecular complexity index is 1060. The van der Waals surface area contributed by atoms with E-state index in [1.807, 2.05) is 43.3 Å². The summed E-state index contributed by atoms with van der Waals surface area (Å²) in [6.07, 6.45) is 7.19. The molecule has 0 spiro atoms. The molecule has 0 aliphatic heterocycles. The van der Waals surface area contributed by atoms with Crippen LogP contribution in [0.15, 0.2) is 42.5 Å². The Morgan fingerprint density at radius 2 is 1.67 bits per heavy atom. The summed E-state index contributed by atoms with van der Waals surface area (Å²) in [4.78, 5) is 12.3. The number of aliphatic hydroxyl groups is 1. The Labute approximate surface area is 196 Å². The third-order valence-corrected chi connectivity index (χ3v) is 7.91. The van der Waals surface area contributed by atoms with Crippen molar-refractivity contribution in [1.29, 1.82) is 0 Å². The van der Waals surface area contributed by atoms with Gasteiger partial charge in [0.1, 0.15) is 5.75 Å². The maximum absolute atomic E-state index is 12.3. The van der Waals surface area contributed by atoms with Gasteiger partial charge < -0.3 is 14.9 Å². The highest BCUT2D eigenvalue weighted by Gasteiger charge is 2.53. The smallest absolute Gasteiger partial charge is 0.336 e. The molecule has 4 heteroatoms. The van der Waals surface area contributed by atoms with Gasteiger partial charge >= 0.3 is 5.97 Å². The number of aromatic carboxylic acids is 1. The molecule has 0 heterocycles. The van der Waals surface area contributed by atoms with E-state index in [1.165, 1.54) is 19.3 Å². The second-order valence-electron chi connectivity index (χ2n) is 10.6. The number of rotatable bonds is 6. The minimum atomic E-state index is -0.950. The molecule has 2 aromatic carbocycles. The van der Waals surface area contributed by atoms with Crippen molar-refractivity contribution in [2.45, 2.75) is 50.9 Å². The number of carboxylic acids is 1. The van der Waals surface area contributed by atoms with Gasteiger partial charge in [0.15, 0.2) is 0 Å². The molecule has 172 valence electrons. The minimum Gasteiger partial charge on any atom is -0.493 e. The van der Waals surface area contributed by atoms with E-state index in [2.05, 4.69) is 11.8 Å². The van der Waals surface area contributed by atoms with Crippen molar-refractivity contribution in [3.63, 3.8) is 0 Å². The summed E-state index contributed by atoms with van der Waals surface area (Å²) in [6, 6.07) is 13.2. The lowest BCUT2D eigenvalue weighted by atomic mass is 9.47. The molecule has 6 rings (SSSR count). The molecule has 0 saturated heterocycles. The molecule has 33 heavy (non-hydrogen) atoms. The van der Waals surface area contributed by atoms with Crippen LogP contribution in [0.3, 0.4) is 0 Å². The summed E-state index contributed by atoms with van der Waals surface area (Å²) >= 11 is 0. The summed E-state index contributed by atoms with van der Waals surface area (Å²) in [5.74, 6) is 8.45. The minimum absolute atomic E-state index is 0.00668. The zero-order chi connectivity index (χ0) is 23.0. The Morgan fingerprint density at radius 1 is 1.03 bits per heavy atom. The Morgan fingerprint density at radius 3 is 2.24 bits per heavy atom. The Kier molecular flexibility index (Phi) is 5.93. The molecule has 0 aromatic heterocycles. The number of carboxylic acid groups (broad SMARTS) is 1. The van der Waals surface area contributed by atoms with Crippen LogP contribution >= 0.6 is 0 Å². The van der Waals surface area contributed by atoms with Gasteiger partial charge in [-0.15, -0.1) is 0 Å². The second kappa shape index (κ2) is 8.88. The number of hydrogen-bond acceptors (Lipinski definition) is 3. The molecule has 4 fully saturated rings. The van der Waals surface area contributed by atoms with E-state index in [0.717, 1.165) is 36.1 Å². The van der Waals surface area contributed by atoms with Crippen LogP contribution in [0.1, 0.15) is 72.5 Å². The van der Waals surface area contributed by atoms with Crippen LogP contribution < -0.4 is 4.74 Å². The van der Waals surface area contributed by atoms with Crippen LogP contribution in [0.4, 0.5) is 0 Å². The van der Waals surface area contributed by atoms with Crippen LogP contribution in [0.25, 0.3) is 0 Å². The van der Waals surface area contributed by atoms with Crippen molar-refractivity contribution >= 4 is 5.97 Å². The van der Waals surface area contributed by atoms with Crippen molar-refractivity contribution in [3.05, 3.63) is 64.7 Å². The second-order valence-corrected chi connectivity index (χ2v) is 10.6. The van der Waals surface area contributed by atoms with Crippen LogP contribution in [0.5, 0.6) is 5.75 Å². The lowest BCUT2D eigenvalue weighted by Gasteiger charge is -2.57. The SMILES string of the molecule is CC(CO)COc1ccc(C(=O)O)c(C#Cc2ccccc2)c1C12CC3CC(CC(C3)C1)C2. The number of aliphatic hydroxyl groups excluding tert-OH is 1. The fraction of sp³-hybridized carbons (Fsp3) is 0.483. The first-order chi connectivity index (χ1) is 16.0. The Hall–Kier alpha value is -2.77. The molecule has 1 atom stereocenters. The van der Waals surface area contributed by atoms with Crippen molar-refractivity contribution in [2.24, 2.45) is 23.7 Å². The van der Waals surface area contributed by atoms with Crippen LogP contribution in [0.2, 0.25) is 0 Å². The van der Waals surface area contributed by atoms with Crippen molar-refractivity contribution in [3.8, 4) is 17.6 Å². The summed E-state index contributed by atoms with van der Waals surface area (Å²) in [7, 11) is 0. The fourth-order valence-electron chi connectivity index (χ4n) is 6.90. The summed E-state index contributed by atoms with van der Waals surface area (Å²) < 4.78 is 6.29. The molecule has 4 saturated carbocycles. The van der Waals surface area contributed by atoms with E-state index < -0.39 is 5.97 Å². The lowest BCUT2D eigenvalue weighted by Crippen LogP contribution is -2.49. The van der Waals surface area contributed by atoms with E-state index in [0.29, 0.717) is 29.9 Å². The molecule has 4 bridgehead atoms. The predicted molar refractivity (Wildman–Crippen MR) is 127 cm³/mol. The largest absolute Gasteiger partial charge is 0.493 e. The first kappa shape index (κ1) is 22.0. The molecule has 4 nitrogen and oxygen atoms in total. The molecule has 1 unspecified atom stereocenters. The third kappa shape index (κ3) is 4.27. The van der Waals surface area contributed by atoms with Gasteiger partial charge in [0.05, 0.1) is 12.2 Å². The summed E-state index contributed by atoms with van der Waals surface area (Å²) in [6.45, 7) is 2.40. The highest BCUT2D eigenvalue weighted by atomic mass is 16.5. The quantitative estimate of drug-likeness (QED) is 0.597. The molecule has 4 aliphatic carbocycles. The molecule has 2 aromatic rings. The van der Waals surface area contributed by atoms with Crippen molar-refractivity contribution < 1.29 is 19.7 Å². The number of ether oxygens (including phenoxy) is 1. The maximum atomic E-state index is 12.3. The Balaban J connectivity index is 1.67. The van der Waals surface area contributed by atoms with Crippen LogP contribution in [-0.2, 0) is 5.41 Å². The van der Waals surface area contributed by atoms with E-state index in [9.17, 15) is 15.0 Å². The predicted octanol–water partition coefficient (Wildman–Crippen LogP) is 5.26. The average Bonchev–Trinajstić information content (AvgIpc) is 2.80. The van der Waals surface area contributed by atoms with Gasteiger partial charge in [0, 0.05) is 34.6 Å². The first-order valence-electron chi connectivity index (χ1n) is 12.2. The fourth-order valence-corrected chi connectivity index (χ4v) is 6.90. The molecule has 4 aliphatic rings. The molecular formula is C29H32O4. The maximum Gasteiger partial charge on any atom is 0.336 e. The number of hydrogen-bond donors (Lipinski definition) is 2. The van der Waals surface area contributed by atoms with Crippen molar-refractivity contribution in [1.82, 2.24) is 0 Å². The summed E-state index contributed by atoms with van der Waals surface area (Å²) in [5, 5.41) is 19.6. The van der Waals surface area contributed by atoms with Gasteiger partial charge in [0.25, 0.3) is 0 Å². The molecule has 2 N–H and O–H groups in total. The summed E-state index contributed by atoms with van der Waals surface area (Å²) in [5.41, 5.74) is 2.67. The monoisotopic (exact) mass is 444 g/mol. The number of carbonyl (C=O) groups is 1. The zero-order valence-corrected chi connectivity index (χ0v) is 19.2. The van der Waals surface area contributed by atoms with E-state index in [4.69, 9.17) is 4.74 Å². The normalized spacial score (nSPS) is 28.1. The van der Waals surface area contributed by atoms with Crippen LogP contribution in [-0.4, -0.2) is 29.4 Å². The molecule has 0 radical (unpaired) electrons. The van der Waals surface area contributed by atoms with E-state index >= 15 is 0 Å². The van der Waals surface area contributed by atoms with Crippen molar-refractivity contribution in [2.75, 3.05) is 13.2 Å².